The lowest BCUT2D eigenvalue weighted by atomic mass is 10.0. The van der Waals surface area contributed by atoms with Gasteiger partial charge >= 0.3 is 0 Å². The molecule has 1 fully saturated rings. The van der Waals surface area contributed by atoms with Crippen LogP contribution in [0.5, 0.6) is 0 Å². The van der Waals surface area contributed by atoms with E-state index in [1.165, 1.54) is 17.6 Å². The molecule has 1 aliphatic heterocycles. The van der Waals surface area contributed by atoms with Crippen molar-refractivity contribution in [2.75, 3.05) is 27.2 Å². The monoisotopic (exact) mass is 128 g/mol. The van der Waals surface area contributed by atoms with Gasteiger partial charge in [0, 0.05) is 11.8 Å². The molecule has 1 nitrogen and oxygen atoms in total. The smallest absolute Gasteiger partial charge is 0.0813 e. The number of likely N-dealkylation sites (tertiary alicyclic amines) is 1. The molecule has 1 heteroatoms. The molecule has 54 valence electrons. The summed E-state index contributed by atoms with van der Waals surface area (Å²) in [4.78, 5) is 0. The first-order valence-electron chi connectivity index (χ1n) is 3.83. The molecule has 2 atom stereocenters. The normalized spacial score (nSPS) is 41.3. The lowest BCUT2D eigenvalue weighted by molar-refractivity contribution is -0.880. The molecule has 0 N–H and O–H groups in total. The molecule has 0 amide bonds. The van der Waals surface area contributed by atoms with Crippen LogP contribution in [0.2, 0.25) is 0 Å². The SMILES string of the molecule is CC1C[N+](C)(C)CC1C. The van der Waals surface area contributed by atoms with Crippen LogP contribution >= 0.6 is 0 Å². The highest BCUT2D eigenvalue weighted by molar-refractivity contribution is 4.66. The van der Waals surface area contributed by atoms with Crippen LogP contribution in [0.25, 0.3) is 0 Å². The molecular weight excluding hydrogens is 110 g/mol. The van der Waals surface area contributed by atoms with Crippen molar-refractivity contribution < 1.29 is 4.48 Å². The molecule has 2 unspecified atom stereocenters. The summed E-state index contributed by atoms with van der Waals surface area (Å²) in [6, 6.07) is 0. The van der Waals surface area contributed by atoms with E-state index in [1.54, 1.807) is 0 Å². The van der Waals surface area contributed by atoms with E-state index in [4.69, 9.17) is 0 Å². The van der Waals surface area contributed by atoms with Crippen molar-refractivity contribution in [3.8, 4) is 0 Å². The Morgan fingerprint density at radius 1 is 1.00 bits per heavy atom. The van der Waals surface area contributed by atoms with Crippen molar-refractivity contribution in [2.45, 2.75) is 13.8 Å². The summed E-state index contributed by atoms with van der Waals surface area (Å²) in [6.45, 7) is 7.44. The second-order valence-electron chi connectivity index (χ2n) is 4.26. The van der Waals surface area contributed by atoms with Crippen molar-refractivity contribution in [2.24, 2.45) is 11.8 Å². The van der Waals surface area contributed by atoms with Gasteiger partial charge in [-0.3, -0.25) is 0 Å². The maximum atomic E-state index is 2.36. The van der Waals surface area contributed by atoms with Crippen LogP contribution in [0.15, 0.2) is 0 Å². The number of nitrogens with zero attached hydrogens (tertiary/aromatic N) is 1. The van der Waals surface area contributed by atoms with Gasteiger partial charge in [-0.2, -0.15) is 0 Å². The van der Waals surface area contributed by atoms with Gasteiger partial charge in [0.25, 0.3) is 0 Å². The maximum Gasteiger partial charge on any atom is 0.0813 e. The second-order valence-corrected chi connectivity index (χ2v) is 4.26. The summed E-state index contributed by atoms with van der Waals surface area (Å²) >= 11 is 0. The minimum Gasteiger partial charge on any atom is -0.328 e. The average Bonchev–Trinajstić information content (AvgIpc) is 1.79. The third-order valence-corrected chi connectivity index (χ3v) is 2.54. The van der Waals surface area contributed by atoms with Crippen LogP contribution in [0.4, 0.5) is 0 Å². The maximum absolute atomic E-state index is 2.36. The van der Waals surface area contributed by atoms with Crippen molar-refractivity contribution in [3.63, 3.8) is 0 Å². The van der Waals surface area contributed by atoms with Gasteiger partial charge in [-0.25, -0.2) is 0 Å². The Balaban J connectivity index is 2.54. The molecule has 0 aliphatic carbocycles. The van der Waals surface area contributed by atoms with E-state index in [9.17, 15) is 0 Å². The first kappa shape index (κ1) is 7.07. The van der Waals surface area contributed by atoms with Gasteiger partial charge in [0.2, 0.25) is 0 Å². The lowest BCUT2D eigenvalue weighted by Crippen LogP contribution is -2.36. The summed E-state index contributed by atoms with van der Waals surface area (Å²) in [5.41, 5.74) is 0. The Morgan fingerprint density at radius 3 is 1.44 bits per heavy atom. The first-order valence-corrected chi connectivity index (χ1v) is 3.83. The molecule has 0 saturated carbocycles. The zero-order chi connectivity index (χ0) is 7.07. The highest BCUT2D eigenvalue weighted by atomic mass is 15.3. The fourth-order valence-corrected chi connectivity index (χ4v) is 1.99. The number of rotatable bonds is 0. The fraction of sp³-hybridized carbons (Fsp3) is 1.00. The van der Waals surface area contributed by atoms with E-state index in [-0.39, 0.29) is 0 Å². The topological polar surface area (TPSA) is 0 Å². The molecule has 9 heavy (non-hydrogen) atoms. The van der Waals surface area contributed by atoms with E-state index < -0.39 is 0 Å². The first-order chi connectivity index (χ1) is 4.01. The minimum absolute atomic E-state index is 0.931. The van der Waals surface area contributed by atoms with Gasteiger partial charge < -0.3 is 4.48 Å². The second kappa shape index (κ2) is 1.98. The van der Waals surface area contributed by atoms with Crippen LogP contribution < -0.4 is 0 Å². The summed E-state index contributed by atoms with van der Waals surface area (Å²) in [5, 5.41) is 0. The van der Waals surface area contributed by atoms with Gasteiger partial charge in [0.05, 0.1) is 27.2 Å². The Kier molecular flexibility index (Phi) is 1.55. The number of hydrogen-bond donors (Lipinski definition) is 0. The quantitative estimate of drug-likeness (QED) is 0.432. The highest BCUT2D eigenvalue weighted by Crippen LogP contribution is 2.25. The standard InChI is InChI=1S/C8H18N/c1-7-5-9(3,4)6-8(7)2/h7-8H,5-6H2,1-4H3/q+1. The molecule has 0 radical (unpaired) electrons. The molecule has 0 bridgehead atoms. The molecule has 0 aromatic carbocycles. The van der Waals surface area contributed by atoms with E-state index in [1.807, 2.05) is 0 Å². The lowest BCUT2D eigenvalue weighted by Gasteiger charge is -2.23. The summed E-state index contributed by atoms with van der Waals surface area (Å²) < 4.78 is 1.22. The van der Waals surface area contributed by atoms with Crippen molar-refractivity contribution in [1.82, 2.24) is 0 Å². The minimum atomic E-state index is 0.931. The molecular formula is C8H18N+. The van der Waals surface area contributed by atoms with Gasteiger partial charge in [0.1, 0.15) is 0 Å². The molecule has 1 saturated heterocycles. The summed E-state index contributed by atoms with van der Waals surface area (Å²) in [6.07, 6.45) is 0. The van der Waals surface area contributed by atoms with Gasteiger partial charge in [0.15, 0.2) is 0 Å². The van der Waals surface area contributed by atoms with E-state index in [2.05, 4.69) is 27.9 Å². The van der Waals surface area contributed by atoms with E-state index in [0.717, 1.165) is 11.8 Å². The van der Waals surface area contributed by atoms with Gasteiger partial charge in [-0.1, -0.05) is 13.8 Å². The Morgan fingerprint density at radius 2 is 1.33 bits per heavy atom. The summed E-state index contributed by atoms with van der Waals surface area (Å²) in [5.74, 6) is 1.86. The molecule has 0 spiro atoms. The molecule has 0 aromatic heterocycles. The molecule has 0 aromatic rings. The van der Waals surface area contributed by atoms with Gasteiger partial charge in [-0.05, 0) is 0 Å². The largest absolute Gasteiger partial charge is 0.328 e. The van der Waals surface area contributed by atoms with Crippen LogP contribution in [-0.4, -0.2) is 31.7 Å². The number of hydrogen-bond acceptors (Lipinski definition) is 0. The Bertz CT molecular complexity index is 95.1. The predicted molar refractivity (Wildman–Crippen MR) is 40.2 cm³/mol. The van der Waals surface area contributed by atoms with Crippen LogP contribution in [0.1, 0.15) is 13.8 Å². The van der Waals surface area contributed by atoms with Crippen LogP contribution in [0.3, 0.4) is 0 Å². The fourth-order valence-electron chi connectivity index (χ4n) is 1.99. The van der Waals surface area contributed by atoms with Crippen molar-refractivity contribution in [3.05, 3.63) is 0 Å². The van der Waals surface area contributed by atoms with Crippen LogP contribution in [-0.2, 0) is 0 Å². The number of quaternary nitrogens is 1. The molecule has 1 heterocycles. The van der Waals surface area contributed by atoms with E-state index >= 15 is 0 Å². The Labute approximate surface area is 58.3 Å². The third-order valence-electron chi connectivity index (χ3n) is 2.54. The van der Waals surface area contributed by atoms with Crippen molar-refractivity contribution >= 4 is 0 Å². The van der Waals surface area contributed by atoms with Gasteiger partial charge in [-0.15, -0.1) is 0 Å². The molecule has 1 rings (SSSR count). The predicted octanol–water partition coefficient (Wildman–Crippen LogP) is 1.35. The zero-order valence-electron chi connectivity index (χ0n) is 7.02. The Hall–Kier alpha value is -0.0400. The average molecular weight is 128 g/mol. The van der Waals surface area contributed by atoms with Crippen LogP contribution in [0, 0.1) is 11.8 Å². The highest BCUT2D eigenvalue weighted by Gasteiger charge is 2.33. The zero-order valence-corrected chi connectivity index (χ0v) is 7.02. The molecule has 1 aliphatic rings. The van der Waals surface area contributed by atoms with Crippen molar-refractivity contribution in [1.29, 1.82) is 0 Å². The summed E-state index contributed by atoms with van der Waals surface area (Å²) in [7, 11) is 4.64. The third kappa shape index (κ3) is 1.45. The van der Waals surface area contributed by atoms with E-state index in [0.29, 0.717) is 0 Å².